The molecule has 0 aliphatic heterocycles. The van der Waals surface area contributed by atoms with Crippen LogP contribution in [0.4, 0.5) is 0 Å². The van der Waals surface area contributed by atoms with E-state index in [0.29, 0.717) is 5.76 Å². The van der Waals surface area contributed by atoms with Crippen LogP contribution in [0.1, 0.15) is 5.76 Å². The fraction of sp³-hybridized carbons (Fsp3) is 0. The number of aromatic amines is 1. The van der Waals surface area contributed by atoms with Crippen molar-refractivity contribution in [2.45, 2.75) is 0 Å². The summed E-state index contributed by atoms with van der Waals surface area (Å²) in [5.41, 5.74) is -0.401. The molecule has 0 unspecified atom stereocenters. The minimum Gasteiger partial charge on any atom is -0.463 e. The Morgan fingerprint density at radius 1 is 1.67 bits per heavy atom. The first-order valence-corrected chi connectivity index (χ1v) is 4.43. The lowest BCUT2D eigenvalue weighted by atomic mass is 10.5. The van der Waals surface area contributed by atoms with Crippen molar-refractivity contribution in [2.75, 3.05) is 0 Å². The molecule has 0 radical (unpaired) electrons. The van der Waals surface area contributed by atoms with Gasteiger partial charge in [-0.15, -0.1) is 0 Å². The Labute approximate surface area is 88.9 Å². The molecule has 2 rings (SSSR count). The largest absolute Gasteiger partial charge is 0.463 e. The van der Waals surface area contributed by atoms with Crippen molar-refractivity contribution in [2.24, 2.45) is 5.10 Å². The van der Waals surface area contributed by atoms with E-state index in [2.05, 4.69) is 15.3 Å². The number of furan rings is 1. The average Bonchev–Trinajstić information content (AvgIpc) is 2.70. The van der Waals surface area contributed by atoms with E-state index in [0.717, 1.165) is 10.9 Å². The van der Waals surface area contributed by atoms with Crippen LogP contribution in [0.15, 0.2) is 38.9 Å². The van der Waals surface area contributed by atoms with Gasteiger partial charge in [0.15, 0.2) is 0 Å². The summed E-state index contributed by atoms with van der Waals surface area (Å²) in [6, 6.07) is 3.43. The van der Waals surface area contributed by atoms with E-state index < -0.39 is 5.56 Å². The zero-order valence-corrected chi connectivity index (χ0v) is 8.27. The summed E-state index contributed by atoms with van der Waals surface area (Å²) in [6.45, 7) is 0. The summed E-state index contributed by atoms with van der Waals surface area (Å²) in [6.07, 6.45) is 4.00. The first-order valence-electron chi connectivity index (χ1n) is 4.02. The Kier molecular flexibility index (Phi) is 2.55. The summed E-state index contributed by atoms with van der Waals surface area (Å²) >= 11 is 4.83. The Balaban J connectivity index is 2.41. The first kappa shape index (κ1) is 9.53. The van der Waals surface area contributed by atoms with Gasteiger partial charge in [0.25, 0.3) is 5.56 Å². The number of hydrogen-bond donors (Lipinski definition) is 1. The number of nitrogens with one attached hydrogen (secondary N) is 1. The van der Waals surface area contributed by atoms with Crippen LogP contribution in [0.25, 0.3) is 0 Å². The highest BCUT2D eigenvalue weighted by molar-refractivity contribution is 7.71. The Morgan fingerprint density at radius 2 is 2.53 bits per heavy atom. The standard InChI is InChI=1S/C8H6N4O2S/c13-7-5-9-11-8(15)12(7)10-4-6-2-1-3-14-6/h1-5H,(H,11,15)/b10-4-. The molecule has 0 spiro atoms. The molecule has 0 saturated carbocycles. The average molecular weight is 222 g/mol. The van der Waals surface area contributed by atoms with Gasteiger partial charge in [0.05, 0.1) is 12.5 Å². The quantitative estimate of drug-likeness (QED) is 0.601. The molecule has 0 atom stereocenters. The van der Waals surface area contributed by atoms with Crippen LogP contribution in [0.5, 0.6) is 0 Å². The minimum absolute atomic E-state index is 0.130. The van der Waals surface area contributed by atoms with E-state index in [-0.39, 0.29) is 4.77 Å². The SMILES string of the molecule is O=c1cn[nH]c(=S)n1/N=C\c1ccco1. The summed E-state index contributed by atoms with van der Waals surface area (Å²) in [5.74, 6) is 0.535. The molecule has 1 N–H and O–H groups in total. The van der Waals surface area contributed by atoms with Crippen LogP contribution in [-0.2, 0) is 0 Å². The maximum absolute atomic E-state index is 11.3. The fourth-order valence-electron chi connectivity index (χ4n) is 0.934. The Hall–Kier alpha value is -2.02. The van der Waals surface area contributed by atoms with Gasteiger partial charge in [0, 0.05) is 0 Å². The normalized spacial score (nSPS) is 10.9. The van der Waals surface area contributed by atoms with Gasteiger partial charge in [0.1, 0.15) is 12.0 Å². The summed E-state index contributed by atoms with van der Waals surface area (Å²) in [7, 11) is 0. The van der Waals surface area contributed by atoms with Gasteiger partial charge < -0.3 is 4.42 Å². The third-order valence-electron chi connectivity index (χ3n) is 1.58. The highest BCUT2D eigenvalue weighted by Crippen LogP contribution is 1.95. The molecule has 0 fully saturated rings. The Morgan fingerprint density at radius 3 is 3.20 bits per heavy atom. The lowest BCUT2D eigenvalue weighted by molar-refractivity contribution is 0.559. The number of rotatable bonds is 2. The van der Waals surface area contributed by atoms with Crippen LogP contribution < -0.4 is 5.56 Å². The molecule has 76 valence electrons. The summed E-state index contributed by atoms with van der Waals surface area (Å²) in [4.78, 5) is 11.3. The van der Waals surface area contributed by atoms with Crippen molar-refractivity contribution < 1.29 is 4.42 Å². The molecule has 2 aromatic heterocycles. The topological polar surface area (TPSA) is 76.2 Å². The lowest BCUT2D eigenvalue weighted by Gasteiger charge is -1.94. The highest BCUT2D eigenvalue weighted by Gasteiger charge is 1.95. The first-order chi connectivity index (χ1) is 7.27. The van der Waals surface area contributed by atoms with E-state index in [1.807, 2.05) is 0 Å². The predicted molar refractivity (Wildman–Crippen MR) is 55.4 cm³/mol. The molecular formula is C8H6N4O2S. The second kappa shape index (κ2) is 4.01. The van der Waals surface area contributed by atoms with E-state index in [1.54, 1.807) is 12.1 Å². The van der Waals surface area contributed by atoms with Gasteiger partial charge in [0.2, 0.25) is 4.77 Å². The number of H-pyrrole nitrogens is 1. The lowest BCUT2D eigenvalue weighted by Crippen LogP contribution is -2.18. The van der Waals surface area contributed by atoms with Gasteiger partial charge in [-0.25, -0.2) is 0 Å². The van der Waals surface area contributed by atoms with Gasteiger partial charge in [-0.2, -0.15) is 14.9 Å². The van der Waals surface area contributed by atoms with Crippen molar-refractivity contribution in [3.05, 3.63) is 45.5 Å². The number of hydrogen-bond acceptors (Lipinski definition) is 5. The third-order valence-corrected chi connectivity index (χ3v) is 1.84. The molecule has 0 aromatic carbocycles. The van der Waals surface area contributed by atoms with Gasteiger partial charge in [-0.1, -0.05) is 0 Å². The summed E-state index contributed by atoms with van der Waals surface area (Å²) < 4.78 is 6.16. The maximum atomic E-state index is 11.3. The van der Waals surface area contributed by atoms with Crippen LogP contribution in [0, 0.1) is 4.77 Å². The molecule has 0 saturated heterocycles. The zero-order valence-electron chi connectivity index (χ0n) is 7.45. The highest BCUT2D eigenvalue weighted by atomic mass is 32.1. The molecule has 2 aromatic rings. The van der Waals surface area contributed by atoms with Crippen molar-refractivity contribution >= 4 is 18.4 Å². The third kappa shape index (κ3) is 2.08. The molecule has 0 amide bonds. The molecule has 0 aliphatic rings. The van der Waals surface area contributed by atoms with Crippen molar-refractivity contribution in [1.82, 2.24) is 14.9 Å². The second-order valence-electron chi connectivity index (χ2n) is 2.59. The van der Waals surface area contributed by atoms with E-state index in [1.165, 1.54) is 12.5 Å². The molecule has 0 aliphatic carbocycles. The van der Waals surface area contributed by atoms with Crippen LogP contribution >= 0.6 is 12.2 Å². The predicted octanol–water partition coefficient (Wildman–Crippen LogP) is 0.776. The van der Waals surface area contributed by atoms with Crippen molar-refractivity contribution in [3.63, 3.8) is 0 Å². The molecule has 0 bridgehead atoms. The number of nitrogens with zero attached hydrogens (tertiary/aromatic N) is 3. The smallest absolute Gasteiger partial charge is 0.293 e. The van der Waals surface area contributed by atoms with E-state index in [9.17, 15) is 4.79 Å². The maximum Gasteiger partial charge on any atom is 0.293 e. The molecule has 15 heavy (non-hydrogen) atoms. The second-order valence-corrected chi connectivity index (χ2v) is 2.97. The Bertz CT molecular complexity index is 553. The minimum atomic E-state index is -0.401. The zero-order chi connectivity index (χ0) is 10.7. The van der Waals surface area contributed by atoms with Crippen molar-refractivity contribution in [1.29, 1.82) is 0 Å². The van der Waals surface area contributed by atoms with Crippen molar-refractivity contribution in [3.8, 4) is 0 Å². The van der Waals surface area contributed by atoms with Crippen LogP contribution in [-0.4, -0.2) is 21.1 Å². The monoisotopic (exact) mass is 222 g/mol. The fourth-order valence-corrected chi connectivity index (χ4v) is 1.12. The van der Waals surface area contributed by atoms with Crippen LogP contribution in [0.2, 0.25) is 0 Å². The molecule has 7 heteroatoms. The van der Waals surface area contributed by atoms with E-state index >= 15 is 0 Å². The van der Waals surface area contributed by atoms with Gasteiger partial charge >= 0.3 is 0 Å². The summed E-state index contributed by atoms with van der Waals surface area (Å²) in [5, 5.41) is 9.84. The molecular weight excluding hydrogens is 216 g/mol. The van der Waals surface area contributed by atoms with Gasteiger partial charge in [-0.05, 0) is 24.4 Å². The van der Waals surface area contributed by atoms with Gasteiger partial charge in [-0.3, -0.25) is 9.89 Å². The molecule has 6 nitrogen and oxygen atoms in total. The van der Waals surface area contributed by atoms with Crippen LogP contribution in [0.3, 0.4) is 0 Å². The number of aromatic nitrogens is 3. The van der Waals surface area contributed by atoms with E-state index in [4.69, 9.17) is 16.6 Å². The molecule has 2 heterocycles.